The summed E-state index contributed by atoms with van der Waals surface area (Å²) in [6.45, 7) is 10.3. The fourth-order valence-corrected chi connectivity index (χ4v) is 2.31. The molecule has 1 aromatic carbocycles. The van der Waals surface area contributed by atoms with Gasteiger partial charge in [0.1, 0.15) is 0 Å². The predicted octanol–water partition coefficient (Wildman–Crippen LogP) is 4.45. The van der Waals surface area contributed by atoms with E-state index in [1.807, 2.05) is 24.3 Å². The molecule has 1 amide bonds. The number of nitrogens with one attached hydrogen (secondary N) is 2. The molecule has 0 unspecified atom stereocenters. The van der Waals surface area contributed by atoms with Gasteiger partial charge in [0.05, 0.1) is 0 Å². The SMILES string of the molecule is CCCCCC(C)(C)CNC(=O)c1ccc(NCC)cc1. The topological polar surface area (TPSA) is 41.1 Å². The Labute approximate surface area is 129 Å². The van der Waals surface area contributed by atoms with Crippen molar-refractivity contribution in [2.75, 3.05) is 18.4 Å². The largest absolute Gasteiger partial charge is 0.385 e. The van der Waals surface area contributed by atoms with E-state index >= 15 is 0 Å². The van der Waals surface area contributed by atoms with Crippen molar-refractivity contribution in [2.24, 2.45) is 5.41 Å². The summed E-state index contributed by atoms with van der Waals surface area (Å²) in [5, 5.41) is 6.29. The fourth-order valence-electron chi connectivity index (χ4n) is 2.31. The number of benzene rings is 1. The Balaban J connectivity index is 2.45. The summed E-state index contributed by atoms with van der Waals surface area (Å²) >= 11 is 0. The van der Waals surface area contributed by atoms with E-state index in [1.54, 1.807) is 0 Å². The van der Waals surface area contributed by atoms with Crippen LogP contribution < -0.4 is 10.6 Å². The molecule has 1 rings (SSSR count). The second-order valence-electron chi connectivity index (χ2n) is 6.41. The van der Waals surface area contributed by atoms with Gasteiger partial charge in [0, 0.05) is 24.3 Å². The first-order chi connectivity index (χ1) is 9.98. The zero-order valence-corrected chi connectivity index (χ0v) is 14.0. The van der Waals surface area contributed by atoms with Gasteiger partial charge in [-0.3, -0.25) is 4.79 Å². The van der Waals surface area contributed by atoms with Crippen molar-refractivity contribution < 1.29 is 4.79 Å². The van der Waals surface area contributed by atoms with Gasteiger partial charge in [0.2, 0.25) is 0 Å². The molecule has 0 aliphatic rings. The number of hydrogen-bond donors (Lipinski definition) is 2. The standard InChI is InChI=1S/C18H30N2O/c1-5-7-8-13-18(3,4)14-20-17(21)15-9-11-16(12-10-15)19-6-2/h9-12,19H,5-8,13-14H2,1-4H3,(H,20,21). The Morgan fingerprint density at radius 1 is 1.10 bits per heavy atom. The maximum Gasteiger partial charge on any atom is 0.251 e. The van der Waals surface area contributed by atoms with Gasteiger partial charge < -0.3 is 10.6 Å². The van der Waals surface area contributed by atoms with Crippen LogP contribution in [0.3, 0.4) is 0 Å². The monoisotopic (exact) mass is 290 g/mol. The Bertz CT molecular complexity index is 423. The molecule has 0 aromatic heterocycles. The van der Waals surface area contributed by atoms with E-state index in [0.717, 1.165) is 30.8 Å². The second-order valence-corrected chi connectivity index (χ2v) is 6.41. The van der Waals surface area contributed by atoms with Gasteiger partial charge in [-0.1, -0.05) is 40.0 Å². The van der Waals surface area contributed by atoms with Crippen molar-refractivity contribution in [3.8, 4) is 0 Å². The van der Waals surface area contributed by atoms with E-state index < -0.39 is 0 Å². The van der Waals surface area contributed by atoms with Crippen LogP contribution in [0.1, 0.15) is 63.7 Å². The Hall–Kier alpha value is -1.51. The number of carbonyl (C=O) groups is 1. The van der Waals surface area contributed by atoms with Crippen LogP contribution in [0, 0.1) is 5.41 Å². The maximum atomic E-state index is 12.2. The van der Waals surface area contributed by atoms with Crippen molar-refractivity contribution in [2.45, 2.75) is 53.4 Å². The summed E-state index contributed by atoms with van der Waals surface area (Å²) < 4.78 is 0. The third kappa shape index (κ3) is 6.65. The highest BCUT2D eigenvalue weighted by atomic mass is 16.1. The summed E-state index contributed by atoms with van der Waals surface area (Å²) in [5.74, 6) is 0.0154. The molecule has 0 radical (unpaired) electrons. The van der Waals surface area contributed by atoms with Crippen LogP contribution in [0.15, 0.2) is 24.3 Å². The van der Waals surface area contributed by atoms with E-state index in [1.165, 1.54) is 19.3 Å². The minimum Gasteiger partial charge on any atom is -0.385 e. The van der Waals surface area contributed by atoms with Gasteiger partial charge in [-0.05, 0) is 43.0 Å². The smallest absolute Gasteiger partial charge is 0.251 e. The zero-order chi connectivity index (χ0) is 15.7. The van der Waals surface area contributed by atoms with Crippen LogP contribution in [0.2, 0.25) is 0 Å². The van der Waals surface area contributed by atoms with Gasteiger partial charge in [-0.25, -0.2) is 0 Å². The summed E-state index contributed by atoms with van der Waals surface area (Å²) in [4.78, 5) is 12.2. The van der Waals surface area contributed by atoms with Crippen LogP contribution in [0.5, 0.6) is 0 Å². The molecule has 21 heavy (non-hydrogen) atoms. The fraction of sp³-hybridized carbons (Fsp3) is 0.611. The lowest BCUT2D eigenvalue weighted by Crippen LogP contribution is -2.34. The van der Waals surface area contributed by atoms with E-state index in [2.05, 4.69) is 38.3 Å². The predicted molar refractivity (Wildman–Crippen MR) is 90.9 cm³/mol. The molecule has 0 bridgehead atoms. The lowest BCUT2D eigenvalue weighted by atomic mass is 9.87. The van der Waals surface area contributed by atoms with E-state index in [0.29, 0.717) is 0 Å². The number of hydrogen-bond acceptors (Lipinski definition) is 2. The van der Waals surface area contributed by atoms with Crippen molar-refractivity contribution in [3.63, 3.8) is 0 Å². The minimum absolute atomic E-state index is 0.0154. The first-order valence-corrected chi connectivity index (χ1v) is 8.10. The molecule has 0 aliphatic carbocycles. The molecule has 3 nitrogen and oxygen atoms in total. The highest BCUT2D eigenvalue weighted by molar-refractivity contribution is 5.94. The molecule has 0 fully saturated rings. The van der Waals surface area contributed by atoms with E-state index in [-0.39, 0.29) is 11.3 Å². The normalized spacial score (nSPS) is 11.2. The molecule has 3 heteroatoms. The summed E-state index contributed by atoms with van der Waals surface area (Å²) in [5.41, 5.74) is 1.93. The molecule has 0 aliphatic heterocycles. The van der Waals surface area contributed by atoms with E-state index in [9.17, 15) is 4.79 Å². The summed E-state index contributed by atoms with van der Waals surface area (Å²) in [7, 11) is 0. The molecule has 0 saturated heterocycles. The average Bonchev–Trinajstić information content (AvgIpc) is 2.46. The summed E-state index contributed by atoms with van der Waals surface area (Å²) in [6, 6.07) is 7.64. The van der Waals surface area contributed by atoms with Crippen LogP contribution in [0.4, 0.5) is 5.69 Å². The highest BCUT2D eigenvalue weighted by Gasteiger charge is 2.18. The van der Waals surface area contributed by atoms with Gasteiger partial charge in [-0.15, -0.1) is 0 Å². The van der Waals surface area contributed by atoms with Gasteiger partial charge in [-0.2, -0.15) is 0 Å². The quantitative estimate of drug-likeness (QED) is 0.659. The first-order valence-electron chi connectivity index (χ1n) is 8.10. The molecule has 0 heterocycles. The third-order valence-electron chi connectivity index (χ3n) is 3.71. The van der Waals surface area contributed by atoms with E-state index in [4.69, 9.17) is 0 Å². The maximum absolute atomic E-state index is 12.2. The molecule has 0 saturated carbocycles. The molecule has 2 N–H and O–H groups in total. The van der Waals surface area contributed by atoms with Crippen LogP contribution in [-0.2, 0) is 0 Å². The van der Waals surface area contributed by atoms with Gasteiger partial charge >= 0.3 is 0 Å². The highest BCUT2D eigenvalue weighted by Crippen LogP contribution is 2.22. The molecular formula is C18H30N2O. The van der Waals surface area contributed by atoms with Gasteiger partial charge in [0.25, 0.3) is 5.91 Å². The Morgan fingerprint density at radius 3 is 2.33 bits per heavy atom. The zero-order valence-electron chi connectivity index (χ0n) is 14.0. The molecule has 0 spiro atoms. The Kier molecular flexibility index (Phi) is 7.27. The summed E-state index contributed by atoms with van der Waals surface area (Å²) in [6.07, 6.45) is 4.89. The van der Waals surface area contributed by atoms with Crippen molar-refractivity contribution in [1.82, 2.24) is 5.32 Å². The number of carbonyl (C=O) groups excluding carboxylic acids is 1. The number of rotatable bonds is 9. The van der Waals surface area contributed by atoms with Crippen molar-refractivity contribution in [1.29, 1.82) is 0 Å². The van der Waals surface area contributed by atoms with Gasteiger partial charge in [0.15, 0.2) is 0 Å². The third-order valence-corrected chi connectivity index (χ3v) is 3.71. The molecule has 118 valence electrons. The number of anilines is 1. The van der Waals surface area contributed by atoms with Crippen LogP contribution >= 0.6 is 0 Å². The molecule has 1 aromatic rings. The lowest BCUT2D eigenvalue weighted by molar-refractivity contribution is 0.0934. The van der Waals surface area contributed by atoms with Crippen molar-refractivity contribution in [3.05, 3.63) is 29.8 Å². The first kappa shape index (κ1) is 17.5. The van der Waals surface area contributed by atoms with Crippen molar-refractivity contribution >= 4 is 11.6 Å². The van der Waals surface area contributed by atoms with Crippen LogP contribution in [-0.4, -0.2) is 19.0 Å². The lowest BCUT2D eigenvalue weighted by Gasteiger charge is -2.25. The molecular weight excluding hydrogens is 260 g/mol. The van der Waals surface area contributed by atoms with Crippen LogP contribution in [0.25, 0.3) is 0 Å². The number of amides is 1. The minimum atomic E-state index is 0.0154. The number of unbranched alkanes of at least 4 members (excludes halogenated alkanes) is 2. The average molecular weight is 290 g/mol. The Morgan fingerprint density at radius 2 is 1.76 bits per heavy atom. The molecule has 0 atom stereocenters. The second kappa shape index (κ2) is 8.71.